The summed E-state index contributed by atoms with van der Waals surface area (Å²) in [6.07, 6.45) is 1.58. The number of aliphatic hydroxyl groups excluding tert-OH is 1. The fraction of sp³-hybridized carbons (Fsp3) is 0.625. The van der Waals surface area contributed by atoms with E-state index in [4.69, 9.17) is 0 Å². The highest BCUT2D eigenvalue weighted by atomic mass is 79.9. The van der Waals surface area contributed by atoms with Crippen LogP contribution in [0.3, 0.4) is 0 Å². The summed E-state index contributed by atoms with van der Waals surface area (Å²) >= 11 is 3.45. The lowest BCUT2D eigenvalue weighted by atomic mass is 10.1. The van der Waals surface area contributed by atoms with E-state index in [-0.39, 0.29) is 6.10 Å². The SMILES string of the molecule is CCN(CCCN(C)C)CCC(O)c1cccc(Br)c1. The van der Waals surface area contributed by atoms with Crippen LogP contribution in [0, 0.1) is 0 Å². The van der Waals surface area contributed by atoms with Crippen LogP contribution >= 0.6 is 15.9 Å². The first kappa shape index (κ1) is 17.6. The van der Waals surface area contributed by atoms with Crippen molar-refractivity contribution in [2.45, 2.75) is 25.9 Å². The molecule has 0 aliphatic rings. The summed E-state index contributed by atoms with van der Waals surface area (Å²) in [6.45, 7) is 6.38. The molecule has 114 valence electrons. The van der Waals surface area contributed by atoms with Gasteiger partial charge < -0.3 is 14.9 Å². The summed E-state index contributed by atoms with van der Waals surface area (Å²) in [6, 6.07) is 7.93. The molecule has 1 unspecified atom stereocenters. The Bertz CT molecular complexity index is 384. The third-order valence-electron chi connectivity index (χ3n) is 3.48. The van der Waals surface area contributed by atoms with Gasteiger partial charge in [-0.05, 0) is 64.3 Å². The Labute approximate surface area is 131 Å². The molecule has 0 radical (unpaired) electrons. The molecule has 0 saturated carbocycles. The smallest absolute Gasteiger partial charge is 0.0802 e. The summed E-state index contributed by atoms with van der Waals surface area (Å²) in [5.74, 6) is 0. The lowest BCUT2D eigenvalue weighted by Gasteiger charge is -2.23. The van der Waals surface area contributed by atoms with E-state index in [1.807, 2.05) is 24.3 Å². The highest BCUT2D eigenvalue weighted by molar-refractivity contribution is 9.10. The lowest BCUT2D eigenvalue weighted by Crippen LogP contribution is -2.29. The Morgan fingerprint density at radius 1 is 1.20 bits per heavy atom. The van der Waals surface area contributed by atoms with Crippen molar-refractivity contribution in [3.8, 4) is 0 Å². The molecule has 0 saturated heterocycles. The van der Waals surface area contributed by atoms with E-state index in [9.17, 15) is 5.11 Å². The molecule has 0 aliphatic heterocycles. The molecule has 4 heteroatoms. The molecule has 0 spiro atoms. The van der Waals surface area contributed by atoms with E-state index < -0.39 is 0 Å². The molecular formula is C16H27BrN2O. The molecule has 1 aromatic carbocycles. The molecular weight excluding hydrogens is 316 g/mol. The van der Waals surface area contributed by atoms with Crippen LogP contribution in [0.15, 0.2) is 28.7 Å². The summed E-state index contributed by atoms with van der Waals surface area (Å²) in [7, 11) is 4.21. The second-order valence-electron chi connectivity index (χ2n) is 5.45. The highest BCUT2D eigenvalue weighted by Gasteiger charge is 2.10. The van der Waals surface area contributed by atoms with Crippen LogP contribution in [0.2, 0.25) is 0 Å². The van der Waals surface area contributed by atoms with Crippen LogP contribution in [0.4, 0.5) is 0 Å². The third-order valence-corrected chi connectivity index (χ3v) is 3.97. The van der Waals surface area contributed by atoms with Gasteiger partial charge in [0.25, 0.3) is 0 Å². The van der Waals surface area contributed by atoms with Crippen molar-refractivity contribution in [3.63, 3.8) is 0 Å². The van der Waals surface area contributed by atoms with E-state index in [1.165, 1.54) is 6.42 Å². The maximum absolute atomic E-state index is 10.2. The maximum atomic E-state index is 10.2. The quantitative estimate of drug-likeness (QED) is 0.746. The summed E-state index contributed by atoms with van der Waals surface area (Å²) in [5, 5.41) is 10.2. The van der Waals surface area contributed by atoms with E-state index in [0.29, 0.717) is 0 Å². The van der Waals surface area contributed by atoms with E-state index in [2.05, 4.69) is 46.7 Å². The molecule has 3 nitrogen and oxygen atoms in total. The lowest BCUT2D eigenvalue weighted by molar-refractivity contribution is 0.142. The second-order valence-corrected chi connectivity index (χ2v) is 6.37. The van der Waals surface area contributed by atoms with Gasteiger partial charge in [-0.3, -0.25) is 0 Å². The average molecular weight is 343 g/mol. The fourth-order valence-corrected chi connectivity index (χ4v) is 2.64. The molecule has 1 rings (SSSR count). The largest absolute Gasteiger partial charge is 0.388 e. The number of aliphatic hydroxyl groups is 1. The van der Waals surface area contributed by atoms with Crippen LogP contribution in [-0.4, -0.2) is 55.2 Å². The van der Waals surface area contributed by atoms with Gasteiger partial charge in [0.05, 0.1) is 6.10 Å². The number of hydrogen-bond donors (Lipinski definition) is 1. The third kappa shape index (κ3) is 6.84. The standard InChI is InChI=1S/C16H27BrN2O/c1-4-19(11-6-10-18(2)3)12-9-16(20)14-7-5-8-15(17)13-14/h5,7-8,13,16,20H,4,6,9-12H2,1-3H3. The zero-order chi connectivity index (χ0) is 15.0. The number of rotatable bonds is 9. The first-order valence-electron chi connectivity index (χ1n) is 7.33. The van der Waals surface area contributed by atoms with Gasteiger partial charge in [0.1, 0.15) is 0 Å². The van der Waals surface area contributed by atoms with Gasteiger partial charge in [0.15, 0.2) is 0 Å². The van der Waals surface area contributed by atoms with Gasteiger partial charge >= 0.3 is 0 Å². The van der Waals surface area contributed by atoms with Crippen LogP contribution in [0.5, 0.6) is 0 Å². The zero-order valence-electron chi connectivity index (χ0n) is 12.8. The Morgan fingerprint density at radius 2 is 1.95 bits per heavy atom. The monoisotopic (exact) mass is 342 g/mol. The van der Waals surface area contributed by atoms with Gasteiger partial charge in [0.2, 0.25) is 0 Å². The Balaban J connectivity index is 2.36. The number of halogens is 1. The van der Waals surface area contributed by atoms with Crippen molar-refractivity contribution in [1.29, 1.82) is 0 Å². The number of hydrogen-bond acceptors (Lipinski definition) is 3. The molecule has 0 heterocycles. The normalized spacial score (nSPS) is 13.2. The van der Waals surface area contributed by atoms with Crippen molar-refractivity contribution in [2.24, 2.45) is 0 Å². The fourth-order valence-electron chi connectivity index (χ4n) is 2.22. The van der Waals surface area contributed by atoms with E-state index in [0.717, 1.165) is 42.6 Å². The molecule has 0 amide bonds. The van der Waals surface area contributed by atoms with Gasteiger partial charge in [-0.25, -0.2) is 0 Å². The molecule has 1 N–H and O–H groups in total. The predicted molar refractivity (Wildman–Crippen MR) is 89.0 cm³/mol. The van der Waals surface area contributed by atoms with Crippen LogP contribution < -0.4 is 0 Å². The minimum Gasteiger partial charge on any atom is -0.388 e. The summed E-state index contributed by atoms with van der Waals surface area (Å²) < 4.78 is 1.02. The minimum atomic E-state index is -0.379. The van der Waals surface area contributed by atoms with Crippen molar-refractivity contribution < 1.29 is 5.11 Å². The second kappa shape index (κ2) is 9.50. The topological polar surface area (TPSA) is 26.7 Å². The molecule has 1 atom stereocenters. The predicted octanol–water partition coefficient (Wildman–Crippen LogP) is 3.15. The van der Waals surface area contributed by atoms with Gasteiger partial charge in [-0.1, -0.05) is 35.0 Å². The molecule has 0 fully saturated rings. The van der Waals surface area contributed by atoms with Crippen LogP contribution in [-0.2, 0) is 0 Å². The van der Waals surface area contributed by atoms with Crippen molar-refractivity contribution in [2.75, 3.05) is 40.3 Å². The summed E-state index contributed by atoms with van der Waals surface area (Å²) in [5.41, 5.74) is 0.990. The Morgan fingerprint density at radius 3 is 2.55 bits per heavy atom. The Hall–Kier alpha value is -0.420. The first-order chi connectivity index (χ1) is 9.52. The van der Waals surface area contributed by atoms with Gasteiger partial charge in [-0.2, -0.15) is 0 Å². The van der Waals surface area contributed by atoms with Crippen LogP contribution in [0.1, 0.15) is 31.4 Å². The molecule has 20 heavy (non-hydrogen) atoms. The summed E-state index contributed by atoms with van der Waals surface area (Å²) in [4.78, 5) is 4.62. The molecule has 0 aromatic heterocycles. The van der Waals surface area contributed by atoms with E-state index >= 15 is 0 Å². The van der Waals surface area contributed by atoms with Crippen LogP contribution in [0.25, 0.3) is 0 Å². The van der Waals surface area contributed by atoms with Gasteiger partial charge in [-0.15, -0.1) is 0 Å². The first-order valence-corrected chi connectivity index (χ1v) is 8.12. The number of nitrogens with zero attached hydrogens (tertiary/aromatic N) is 2. The average Bonchev–Trinajstić information content (AvgIpc) is 2.41. The molecule has 0 bridgehead atoms. The van der Waals surface area contributed by atoms with Gasteiger partial charge in [0, 0.05) is 11.0 Å². The molecule has 1 aromatic rings. The van der Waals surface area contributed by atoms with Crippen molar-refractivity contribution >= 4 is 15.9 Å². The highest BCUT2D eigenvalue weighted by Crippen LogP contribution is 2.20. The van der Waals surface area contributed by atoms with Crippen molar-refractivity contribution in [1.82, 2.24) is 9.80 Å². The maximum Gasteiger partial charge on any atom is 0.0802 e. The number of benzene rings is 1. The van der Waals surface area contributed by atoms with Crippen molar-refractivity contribution in [3.05, 3.63) is 34.3 Å². The van der Waals surface area contributed by atoms with E-state index in [1.54, 1.807) is 0 Å². The minimum absolute atomic E-state index is 0.379. The molecule has 0 aliphatic carbocycles. The Kier molecular flexibility index (Phi) is 8.38. The zero-order valence-corrected chi connectivity index (χ0v) is 14.4.